The molecule has 0 spiro atoms. The van der Waals surface area contributed by atoms with Crippen LogP contribution in [-0.2, 0) is 10.0 Å². The van der Waals surface area contributed by atoms with Gasteiger partial charge in [-0.3, -0.25) is 0 Å². The van der Waals surface area contributed by atoms with Crippen molar-refractivity contribution in [2.24, 2.45) is 0 Å². The van der Waals surface area contributed by atoms with Crippen molar-refractivity contribution in [2.45, 2.75) is 45.1 Å². The molecule has 0 aromatic heterocycles. The van der Waals surface area contributed by atoms with Crippen LogP contribution in [0.3, 0.4) is 0 Å². The number of β-amino-alcohol motifs (C(OH)–C–C–N with tert-alkyl or cyclic N) is 1. The van der Waals surface area contributed by atoms with Gasteiger partial charge in [-0.15, -0.1) is 0 Å². The highest BCUT2D eigenvalue weighted by atomic mass is 32.2. The molecule has 0 aromatic carbocycles. The Hall–Kier alpha value is -0.130. The maximum Gasteiger partial charge on any atom is 0.214 e. The van der Waals surface area contributed by atoms with Crippen LogP contribution in [0.25, 0.3) is 0 Å². The molecule has 0 aliphatic carbocycles. The fourth-order valence-corrected chi connectivity index (χ4v) is 3.66. The molecule has 4 nitrogen and oxygen atoms in total. The molecule has 5 heteroatoms. The van der Waals surface area contributed by atoms with Crippen molar-refractivity contribution < 1.29 is 13.5 Å². The third-order valence-corrected chi connectivity index (χ3v) is 4.69. The largest absolute Gasteiger partial charge is 0.389 e. The summed E-state index contributed by atoms with van der Waals surface area (Å²) in [4.78, 5) is 0. The van der Waals surface area contributed by atoms with E-state index >= 15 is 0 Å². The minimum absolute atomic E-state index is 0.208. The number of hydrogen-bond acceptors (Lipinski definition) is 3. The van der Waals surface area contributed by atoms with Gasteiger partial charge >= 0.3 is 0 Å². The lowest BCUT2D eigenvalue weighted by molar-refractivity contribution is 0.00940. The molecule has 0 aromatic rings. The van der Waals surface area contributed by atoms with E-state index < -0.39 is 15.6 Å². The first kappa shape index (κ1) is 12.9. The zero-order chi connectivity index (χ0) is 11.5. The molecule has 0 radical (unpaired) electrons. The van der Waals surface area contributed by atoms with Gasteiger partial charge in [0.1, 0.15) is 0 Å². The predicted molar refractivity (Wildman–Crippen MR) is 60.1 cm³/mol. The van der Waals surface area contributed by atoms with Crippen LogP contribution in [0.4, 0.5) is 0 Å². The first-order valence-electron chi connectivity index (χ1n) is 5.57. The van der Waals surface area contributed by atoms with Crippen molar-refractivity contribution in [3.05, 3.63) is 0 Å². The van der Waals surface area contributed by atoms with E-state index in [4.69, 9.17) is 0 Å². The fourth-order valence-electron chi connectivity index (χ4n) is 1.87. The smallest absolute Gasteiger partial charge is 0.214 e. The van der Waals surface area contributed by atoms with E-state index in [1.165, 1.54) is 4.31 Å². The van der Waals surface area contributed by atoms with Crippen molar-refractivity contribution in [2.75, 3.05) is 18.8 Å². The molecule has 1 aliphatic heterocycles. The van der Waals surface area contributed by atoms with E-state index in [1.54, 1.807) is 6.92 Å². The third-order valence-electron chi connectivity index (χ3n) is 2.79. The van der Waals surface area contributed by atoms with Gasteiger partial charge in [0, 0.05) is 13.1 Å². The summed E-state index contributed by atoms with van der Waals surface area (Å²) in [6, 6.07) is 0. The molecule has 1 atom stereocenters. The number of hydrogen-bond donors (Lipinski definition) is 1. The van der Waals surface area contributed by atoms with Crippen LogP contribution in [-0.4, -0.2) is 42.3 Å². The molecule has 1 N–H and O–H groups in total. The lowest BCUT2D eigenvalue weighted by Crippen LogP contribution is -2.49. The third kappa shape index (κ3) is 3.74. The van der Waals surface area contributed by atoms with Gasteiger partial charge in [-0.2, -0.15) is 4.31 Å². The average Bonchev–Trinajstić information content (AvgIpc) is 2.13. The van der Waals surface area contributed by atoms with Crippen LogP contribution in [0, 0.1) is 0 Å². The van der Waals surface area contributed by atoms with E-state index in [1.807, 2.05) is 6.92 Å². The maximum atomic E-state index is 11.8. The molecular weight excluding hydrogens is 214 g/mol. The average molecular weight is 235 g/mol. The van der Waals surface area contributed by atoms with Crippen molar-refractivity contribution >= 4 is 10.0 Å². The summed E-state index contributed by atoms with van der Waals surface area (Å²) in [5.74, 6) is 0.208. The zero-order valence-corrected chi connectivity index (χ0v) is 10.4. The summed E-state index contributed by atoms with van der Waals surface area (Å²) < 4.78 is 25.1. The molecule has 0 amide bonds. The second-order valence-corrected chi connectivity index (χ2v) is 6.69. The van der Waals surface area contributed by atoms with Gasteiger partial charge in [0.15, 0.2) is 0 Å². The molecule has 90 valence electrons. The van der Waals surface area contributed by atoms with Crippen molar-refractivity contribution in [3.8, 4) is 0 Å². The fraction of sp³-hybridized carbons (Fsp3) is 1.00. The Morgan fingerprint density at radius 2 is 2.13 bits per heavy atom. The Bertz CT molecular complexity index is 298. The lowest BCUT2D eigenvalue weighted by atomic mass is 9.97. The quantitative estimate of drug-likeness (QED) is 0.789. The van der Waals surface area contributed by atoms with Gasteiger partial charge in [0.2, 0.25) is 10.0 Å². The maximum absolute atomic E-state index is 11.8. The molecule has 15 heavy (non-hydrogen) atoms. The topological polar surface area (TPSA) is 57.6 Å². The normalized spacial score (nSPS) is 29.3. The Morgan fingerprint density at radius 1 is 1.47 bits per heavy atom. The van der Waals surface area contributed by atoms with E-state index in [-0.39, 0.29) is 12.3 Å². The number of sulfonamides is 1. The van der Waals surface area contributed by atoms with Crippen LogP contribution in [0.5, 0.6) is 0 Å². The van der Waals surface area contributed by atoms with Gasteiger partial charge in [0.05, 0.1) is 11.4 Å². The number of unbranched alkanes of at least 4 members (excludes halogenated alkanes) is 1. The number of piperidine rings is 1. The lowest BCUT2D eigenvalue weighted by Gasteiger charge is -2.35. The minimum Gasteiger partial charge on any atom is -0.389 e. The Kier molecular flexibility index (Phi) is 4.14. The van der Waals surface area contributed by atoms with Crippen LogP contribution in [0.2, 0.25) is 0 Å². The van der Waals surface area contributed by atoms with Crippen LogP contribution in [0.1, 0.15) is 39.5 Å². The number of rotatable bonds is 4. The molecular formula is C10H21NO3S. The van der Waals surface area contributed by atoms with E-state index in [0.29, 0.717) is 19.4 Å². The molecule has 1 fully saturated rings. The summed E-state index contributed by atoms with van der Waals surface area (Å²) >= 11 is 0. The van der Waals surface area contributed by atoms with Crippen LogP contribution >= 0.6 is 0 Å². The SMILES string of the molecule is CCCCS(=O)(=O)N1CCCC(C)(O)C1. The molecule has 1 unspecified atom stereocenters. The van der Waals surface area contributed by atoms with Crippen molar-refractivity contribution in [1.29, 1.82) is 0 Å². The summed E-state index contributed by atoms with van der Waals surface area (Å²) in [5, 5.41) is 9.83. The van der Waals surface area contributed by atoms with Crippen LogP contribution < -0.4 is 0 Å². The van der Waals surface area contributed by atoms with Gasteiger partial charge in [-0.1, -0.05) is 13.3 Å². The summed E-state index contributed by atoms with van der Waals surface area (Å²) in [7, 11) is -3.14. The Balaban J connectivity index is 2.63. The highest BCUT2D eigenvalue weighted by Gasteiger charge is 2.34. The monoisotopic (exact) mass is 235 g/mol. The molecule has 1 aliphatic rings. The predicted octanol–water partition coefficient (Wildman–Crippen LogP) is 0.963. The van der Waals surface area contributed by atoms with Crippen molar-refractivity contribution in [1.82, 2.24) is 4.31 Å². The molecule has 0 saturated carbocycles. The Labute approximate surface area is 92.3 Å². The van der Waals surface area contributed by atoms with Gasteiger partial charge in [-0.25, -0.2) is 8.42 Å². The molecule has 1 rings (SSSR count). The van der Waals surface area contributed by atoms with Gasteiger partial charge in [-0.05, 0) is 26.2 Å². The number of nitrogens with zero attached hydrogens (tertiary/aromatic N) is 1. The van der Waals surface area contributed by atoms with Crippen molar-refractivity contribution in [3.63, 3.8) is 0 Å². The van der Waals surface area contributed by atoms with E-state index in [9.17, 15) is 13.5 Å². The summed E-state index contributed by atoms with van der Waals surface area (Å²) in [6.07, 6.45) is 3.01. The first-order chi connectivity index (χ1) is 6.87. The summed E-state index contributed by atoms with van der Waals surface area (Å²) in [6.45, 7) is 4.48. The second kappa shape index (κ2) is 4.80. The number of aliphatic hydroxyl groups is 1. The molecule has 1 saturated heterocycles. The zero-order valence-electron chi connectivity index (χ0n) is 9.57. The Morgan fingerprint density at radius 3 is 2.67 bits per heavy atom. The summed E-state index contributed by atoms with van der Waals surface area (Å²) in [5.41, 5.74) is -0.850. The van der Waals surface area contributed by atoms with Crippen LogP contribution in [0.15, 0.2) is 0 Å². The molecule has 1 heterocycles. The van der Waals surface area contributed by atoms with E-state index in [2.05, 4.69) is 0 Å². The highest BCUT2D eigenvalue weighted by Crippen LogP contribution is 2.22. The first-order valence-corrected chi connectivity index (χ1v) is 7.18. The highest BCUT2D eigenvalue weighted by molar-refractivity contribution is 7.89. The van der Waals surface area contributed by atoms with E-state index in [0.717, 1.165) is 12.8 Å². The second-order valence-electron chi connectivity index (χ2n) is 4.60. The molecule has 0 bridgehead atoms. The van der Waals surface area contributed by atoms with Gasteiger partial charge in [0.25, 0.3) is 0 Å². The van der Waals surface area contributed by atoms with Gasteiger partial charge < -0.3 is 5.11 Å². The standard InChI is InChI=1S/C10H21NO3S/c1-3-4-8-15(13,14)11-7-5-6-10(2,12)9-11/h12H,3-9H2,1-2H3. The minimum atomic E-state index is -3.14.